The predicted octanol–water partition coefficient (Wildman–Crippen LogP) is 2.31. The summed E-state index contributed by atoms with van der Waals surface area (Å²) in [4.78, 5) is 22.2. The number of carbonyl (C=O) groups is 2. The van der Waals surface area contributed by atoms with Crippen molar-refractivity contribution in [2.24, 2.45) is 5.92 Å². The Kier molecular flexibility index (Phi) is 17.5. The summed E-state index contributed by atoms with van der Waals surface area (Å²) in [7, 11) is -4.55. The molecular formula is C11H17F7O7S. The molecule has 0 aliphatic carbocycles. The molecule has 0 aliphatic heterocycles. The fourth-order valence-electron chi connectivity index (χ4n) is 1.04. The van der Waals surface area contributed by atoms with E-state index in [0.29, 0.717) is 0 Å². The van der Waals surface area contributed by atoms with Crippen LogP contribution in [0.5, 0.6) is 0 Å². The molecule has 158 valence electrons. The van der Waals surface area contributed by atoms with E-state index in [-0.39, 0.29) is 6.67 Å². The van der Waals surface area contributed by atoms with Crippen LogP contribution >= 0.6 is 0 Å². The van der Waals surface area contributed by atoms with E-state index >= 15 is 0 Å². The first-order valence-electron chi connectivity index (χ1n) is 6.42. The van der Waals surface area contributed by atoms with Crippen molar-refractivity contribution in [2.45, 2.75) is 19.8 Å². The largest absolute Gasteiger partial charge is 0.559 e. The molecule has 0 radical (unpaired) electrons. The second-order valence-electron chi connectivity index (χ2n) is 3.83. The Balaban J connectivity index is -0.000000553. The third-order valence-corrected chi connectivity index (χ3v) is 2.52. The number of ether oxygens (including phenoxy) is 2. The topological polar surface area (TPSA) is 107 Å². The van der Waals surface area contributed by atoms with Crippen LogP contribution in [0.25, 0.3) is 0 Å². The summed E-state index contributed by atoms with van der Waals surface area (Å²) in [5.41, 5.74) is 0. The van der Waals surface area contributed by atoms with Crippen molar-refractivity contribution in [3.05, 3.63) is 0 Å². The Labute approximate surface area is 144 Å². The zero-order valence-electron chi connectivity index (χ0n) is 13.3. The lowest BCUT2D eigenvalue weighted by Crippen LogP contribution is -2.29. The van der Waals surface area contributed by atoms with E-state index < -0.39 is 66.7 Å². The van der Waals surface area contributed by atoms with Gasteiger partial charge in [0.2, 0.25) is 6.86 Å². The molecule has 0 aliphatic rings. The molecule has 15 heteroatoms. The maximum absolute atomic E-state index is 11.8. The van der Waals surface area contributed by atoms with Crippen LogP contribution in [0.3, 0.4) is 0 Å². The van der Waals surface area contributed by atoms with E-state index in [4.69, 9.17) is 4.55 Å². The second-order valence-corrected chi connectivity index (χ2v) is 5.32. The minimum Gasteiger partial charge on any atom is -0.463 e. The van der Waals surface area contributed by atoms with Crippen LogP contribution in [0.2, 0.25) is 0 Å². The van der Waals surface area contributed by atoms with Gasteiger partial charge in [0, 0.05) is 0 Å². The summed E-state index contributed by atoms with van der Waals surface area (Å²) in [5, 5.41) is 0. The fourth-order valence-corrected chi connectivity index (χ4v) is 1.80. The number of carbonyl (C=O) groups excluding carboxylic acids is 2. The van der Waals surface area contributed by atoms with Crippen molar-refractivity contribution in [1.82, 2.24) is 0 Å². The number of hydrogen-bond donors (Lipinski definition) is 1. The summed E-state index contributed by atoms with van der Waals surface area (Å²) >= 11 is 0. The molecule has 0 aromatic rings. The van der Waals surface area contributed by atoms with Crippen LogP contribution in [0, 0.1) is 5.92 Å². The minimum absolute atomic E-state index is 0.250. The van der Waals surface area contributed by atoms with Gasteiger partial charge >= 0.3 is 18.4 Å². The molecule has 1 unspecified atom stereocenters. The summed E-state index contributed by atoms with van der Waals surface area (Å²) in [6.07, 6.45) is -6.30. The quantitative estimate of drug-likeness (QED) is 0.361. The van der Waals surface area contributed by atoms with Gasteiger partial charge in [0.05, 0.1) is 24.8 Å². The fraction of sp³-hybridized carbons (Fsp3) is 0.818. The van der Waals surface area contributed by atoms with Gasteiger partial charge in [-0.05, 0) is 6.92 Å². The molecule has 0 rings (SSSR count). The third-order valence-electron chi connectivity index (χ3n) is 1.70. The number of halogens is 7. The summed E-state index contributed by atoms with van der Waals surface area (Å²) < 4.78 is 110. The van der Waals surface area contributed by atoms with Crippen LogP contribution in [-0.4, -0.2) is 63.9 Å². The van der Waals surface area contributed by atoms with E-state index in [0.717, 1.165) is 0 Å². The number of rotatable bonds is 8. The molecule has 0 bridgehead atoms. The van der Waals surface area contributed by atoms with Crippen LogP contribution in [0.15, 0.2) is 0 Å². The van der Waals surface area contributed by atoms with Crippen molar-refractivity contribution in [1.29, 1.82) is 0 Å². The summed E-state index contributed by atoms with van der Waals surface area (Å²) in [5.74, 6) is -5.05. The van der Waals surface area contributed by atoms with E-state index in [9.17, 15) is 48.7 Å². The van der Waals surface area contributed by atoms with Gasteiger partial charge in [-0.1, -0.05) is 0 Å². The Morgan fingerprint density at radius 2 is 1.50 bits per heavy atom. The van der Waals surface area contributed by atoms with Crippen LogP contribution in [0.1, 0.15) is 13.3 Å². The van der Waals surface area contributed by atoms with Crippen molar-refractivity contribution in [3.63, 3.8) is 0 Å². The molecule has 1 N–H and O–H groups in total. The highest BCUT2D eigenvalue weighted by atomic mass is 32.2. The Morgan fingerprint density at radius 1 is 1.08 bits per heavy atom. The molecule has 1 atom stereocenters. The van der Waals surface area contributed by atoms with Crippen molar-refractivity contribution in [2.75, 3.05) is 32.6 Å². The van der Waals surface area contributed by atoms with Gasteiger partial charge in [-0.2, -0.15) is 8.42 Å². The first-order chi connectivity index (χ1) is 11.7. The smallest absolute Gasteiger partial charge is 0.463 e. The average Bonchev–Trinajstić information content (AvgIpc) is 2.42. The van der Waals surface area contributed by atoms with Gasteiger partial charge in [0.15, 0.2) is 0 Å². The first kappa shape index (κ1) is 29.1. The molecule has 0 saturated heterocycles. The molecule has 7 nitrogen and oxygen atoms in total. The lowest BCUT2D eigenvalue weighted by Gasteiger charge is -2.12. The monoisotopic (exact) mass is 426 g/mol. The molecule has 0 heterocycles. The van der Waals surface area contributed by atoms with Crippen molar-refractivity contribution >= 4 is 22.1 Å². The summed E-state index contributed by atoms with van der Waals surface area (Å²) in [6, 6.07) is 0. The number of hydrogen-bond acceptors (Lipinski definition) is 6. The highest BCUT2D eigenvalue weighted by molar-refractivity contribution is 7.85. The average molecular weight is 426 g/mol. The number of alkyl halides is 7. The zero-order chi connectivity index (χ0) is 21.4. The Hall–Kier alpha value is -1.64. The second kappa shape index (κ2) is 15.6. The molecule has 0 spiro atoms. The van der Waals surface area contributed by atoms with Gasteiger partial charge in [-0.25, -0.2) is 8.78 Å². The minimum atomic E-state index is -5.50. The predicted molar refractivity (Wildman–Crippen MR) is 72.3 cm³/mol. The van der Waals surface area contributed by atoms with Gasteiger partial charge in [-0.15, -0.1) is 17.6 Å². The Morgan fingerprint density at radius 3 is 1.81 bits per heavy atom. The van der Waals surface area contributed by atoms with Crippen LogP contribution in [-0.2, 0) is 29.2 Å². The van der Waals surface area contributed by atoms with Crippen LogP contribution in [0.4, 0.5) is 30.7 Å². The van der Waals surface area contributed by atoms with Gasteiger partial charge < -0.3 is 9.47 Å². The lowest BCUT2D eigenvalue weighted by molar-refractivity contribution is -0.237. The molecule has 26 heavy (non-hydrogen) atoms. The van der Waals surface area contributed by atoms with Crippen LogP contribution < -0.4 is 0 Å². The van der Waals surface area contributed by atoms with E-state index in [2.05, 4.69) is 9.47 Å². The van der Waals surface area contributed by atoms with E-state index in [1.165, 1.54) is 6.92 Å². The van der Waals surface area contributed by atoms with Crippen molar-refractivity contribution in [3.8, 4) is 0 Å². The molecule has 0 aromatic carbocycles. The molecule has 0 fully saturated rings. The van der Waals surface area contributed by atoms with Gasteiger partial charge in [-0.3, -0.25) is 18.5 Å². The molecule has 0 amide bonds. The van der Waals surface area contributed by atoms with E-state index in [1.54, 1.807) is 0 Å². The number of esters is 2. The zero-order valence-corrected chi connectivity index (χ0v) is 14.1. The molecule has 0 aromatic heterocycles. The standard InChI is InChI=1S/C8H12F2O7S.C2H5F.CF4/c9-1-2-16-8(12)6(4-18(13,14)15)3-7(11)17-5-10;1-2-3;2-1(3,4)5/h6H,1-5H2,(H,13,14,15);2H2,1H3;. The van der Waals surface area contributed by atoms with Gasteiger partial charge in [0.1, 0.15) is 13.3 Å². The molecular weight excluding hydrogens is 409 g/mol. The SMILES string of the molecule is CCF.FC(F)(F)F.O=C(CC(CS(=O)(=O)O)C(=O)OCCF)OCF. The summed E-state index contributed by atoms with van der Waals surface area (Å²) in [6.45, 7) is -1.82. The Bertz CT molecular complexity index is 476. The third kappa shape index (κ3) is 30.3. The first-order valence-corrected chi connectivity index (χ1v) is 8.03. The lowest BCUT2D eigenvalue weighted by atomic mass is 10.1. The highest BCUT2D eigenvalue weighted by Gasteiger charge is 2.29. The normalized spacial score (nSPS) is 11.9. The maximum Gasteiger partial charge on any atom is 0.559 e. The highest BCUT2D eigenvalue weighted by Crippen LogP contribution is 2.14. The maximum atomic E-state index is 11.8. The van der Waals surface area contributed by atoms with E-state index in [1.807, 2.05) is 0 Å². The van der Waals surface area contributed by atoms with Gasteiger partial charge in [0.25, 0.3) is 10.1 Å². The molecule has 0 saturated carbocycles. The van der Waals surface area contributed by atoms with Crippen molar-refractivity contribution < 1.29 is 62.8 Å².